The summed E-state index contributed by atoms with van der Waals surface area (Å²) >= 11 is 4.88. The quantitative estimate of drug-likeness (QED) is 0.742. The predicted molar refractivity (Wildman–Crippen MR) is 102 cm³/mol. The van der Waals surface area contributed by atoms with Crippen LogP contribution in [0.15, 0.2) is 19.6 Å². The normalized spacial score (nSPS) is 18.4. The third-order valence-corrected chi connectivity index (χ3v) is 9.26. The van der Waals surface area contributed by atoms with E-state index in [-0.39, 0.29) is 5.56 Å². The molecule has 0 fully saturated rings. The molecule has 1 N–H and O–H groups in total. The number of carbonyl (C=O) groups is 1. The van der Waals surface area contributed by atoms with Crippen LogP contribution in [0.4, 0.5) is 0 Å². The number of carboxylic acids is 1. The summed E-state index contributed by atoms with van der Waals surface area (Å²) in [6.07, 6.45) is 22.3. The van der Waals surface area contributed by atoms with Crippen molar-refractivity contribution >= 4 is 53.0 Å². The summed E-state index contributed by atoms with van der Waals surface area (Å²) in [6.45, 7) is 4.10. The van der Waals surface area contributed by atoms with Gasteiger partial charge in [-0.05, 0) is 12.5 Å². The summed E-state index contributed by atoms with van der Waals surface area (Å²) in [4.78, 5) is 14.4. The fraction of sp³-hybridized carbons (Fsp3) is 0.111. The van der Waals surface area contributed by atoms with Crippen molar-refractivity contribution in [2.24, 2.45) is 0 Å². The molecule has 0 bridgehead atoms. The van der Waals surface area contributed by atoms with Crippen LogP contribution in [-0.2, 0) is 0 Å². The van der Waals surface area contributed by atoms with Gasteiger partial charge in [-0.1, -0.05) is 70.7 Å². The van der Waals surface area contributed by atoms with Crippen LogP contribution in [0.1, 0.15) is 15.9 Å². The molecule has 0 aromatic heterocycles. The molecule has 0 saturated carbocycles. The monoisotopic (exact) mass is 383 g/mol. The van der Waals surface area contributed by atoms with Gasteiger partial charge in [0.25, 0.3) is 0 Å². The Labute approximate surface area is 157 Å². The van der Waals surface area contributed by atoms with Gasteiger partial charge in [-0.3, -0.25) is 0 Å². The molecule has 0 unspecified atom stereocenters. The highest BCUT2D eigenvalue weighted by Gasteiger charge is 2.47. The van der Waals surface area contributed by atoms with E-state index in [1.807, 2.05) is 0 Å². The molecule has 2 aliphatic heterocycles. The van der Waals surface area contributed by atoms with Crippen LogP contribution in [0, 0.1) is 56.3 Å². The van der Waals surface area contributed by atoms with Crippen molar-refractivity contribution in [3.63, 3.8) is 0 Å². The first-order chi connectivity index (χ1) is 11.4. The Morgan fingerprint density at radius 3 is 1.46 bits per heavy atom. The van der Waals surface area contributed by atoms with Crippen molar-refractivity contribution in [2.45, 2.75) is 27.7 Å². The SMILES string of the molecule is C#CC1(C#C)Sc2c([CH2])c3c(c(C(=O)O)c2S1)SC(C#C)(C#C)S3. The standard InChI is InChI=1S/C18H7O2S4/c1-6-17(7-2)21-12-10(5)13-15(11(16(19)20)14(12)23-17)24-18(8-3,9-4)22-13/h1-4H,5H2,(H,19,20). The van der Waals surface area contributed by atoms with Gasteiger partial charge >= 0.3 is 5.97 Å². The molecular weight excluding hydrogens is 376 g/mol. The summed E-state index contributed by atoms with van der Waals surface area (Å²) in [5.74, 6) is 9.22. The van der Waals surface area contributed by atoms with E-state index < -0.39 is 14.1 Å². The second-order valence-electron chi connectivity index (χ2n) is 4.69. The largest absolute Gasteiger partial charge is 0.478 e. The summed E-state index contributed by atoms with van der Waals surface area (Å²) in [7, 11) is 0. The number of hydrogen-bond acceptors (Lipinski definition) is 5. The zero-order valence-electron chi connectivity index (χ0n) is 12.0. The fourth-order valence-electron chi connectivity index (χ4n) is 2.25. The maximum absolute atomic E-state index is 11.9. The van der Waals surface area contributed by atoms with Crippen molar-refractivity contribution in [1.82, 2.24) is 0 Å². The van der Waals surface area contributed by atoms with Crippen molar-refractivity contribution in [2.75, 3.05) is 0 Å². The van der Waals surface area contributed by atoms with Crippen LogP contribution in [0.2, 0.25) is 0 Å². The molecule has 3 rings (SSSR count). The molecule has 1 aromatic rings. The highest BCUT2D eigenvalue weighted by Crippen LogP contribution is 2.65. The molecule has 0 saturated heterocycles. The van der Waals surface area contributed by atoms with Crippen LogP contribution >= 0.6 is 47.0 Å². The predicted octanol–water partition coefficient (Wildman–Crippen LogP) is 3.89. The minimum absolute atomic E-state index is 0.141. The van der Waals surface area contributed by atoms with E-state index >= 15 is 0 Å². The van der Waals surface area contributed by atoms with Crippen molar-refractivity contribution in [1.29, 1.82) is 0 Å². The van der Waals surface area contributed by atoms with E-state index in [0.29, 0.717) is 25.1 Å². The number of rotatable bonds is 1. The highest BCUT2D eigenvalue weighted by molar-refractivity contribution is 8.22. The van der Waals surface area contributed by atoms with E-state index in [2.05, 4.69) is 30.6 Å². The van der Waals surface area contributed by atoms with Crippen molar-refractivity contribution in [3.05, 3.63) is 18.1 Å². The number of carboxylic acid groups (broad SMARTS) is 1. The summed E-state index contributed by atoms with van der Waals surface area (Å²) in [5, 5.41) is 9.76. The Balaban J connectivity index is 2.30. The van der Waals surface area contributed by atoms with Gasteiger partial charge in [0.15, 0.2) is 8.16 Å². The molecule has 1 radical (unpaired) electrons. The smallest absolute Gasteiger partial charge is 0.338 e. The third-order valence-electron chi connectivity index (χ3n) is 3.37. The molecule has 24 heavy (non-hydrogen) atoms. The molecule has 115 valence electrons. The zero-order chi connectivity index (χ0) is 17.7. The lowest BCUT2D eigenvalue weighted by Crippen LogP contribution is -2.10. The number of fused-ring (bicyclic) bond motifs is 2. The van der Waals surface area contributed by atoms with E-state index in [4.69, 9.17) is 25.7 Å². The lowest BCUT2D eigenvalue weighted by molar-refractivity contribution is 0.0688. The summed E-state index contributed by atoms with van der Waals surface area (Å²) in [5.41, 5.74) is 0.807. The zero-order valence-corrected chi connectivity index (χ0v) is 15.3. The van der Waals surface area contributed by atoms with Crippen molar-refractivity contribution in [3.8, 4) is 49.4 Å². The highest BCUT2D eigenvalue weighted by atomic mass is 32.2. The molecule has 2 heterocycles. The second kappa shape index (κ2) is 5.70. The van der Waals surface area contributed by atoms with Gasteiger partial charge in [-0.15, -0.1) is 25.7 Å². The number of terminal acetylenes is 4. The average molecular weight is 384 g/mol. The lowest BCUT2D eigenvalue weighted by atomic mass is 10.1. The number of hydrogen-bond donors (Lipinski definition) is 1. The molecule has 0 amide bonds. The van der Waals surface area contributed by atoms with Gasteiger partial charge in [0.1, 0.15) is 0 Å². The molecule has 2 nitrogen and oxygen atoms in total. The Kier molecular flexibility index (Phi) is 4.08. The van der Waals surface area contributed by atoms with Crippen LogP contribution < -0.4 is 0 Å². The molecule has 2 aliphatic rings. The first-order valence-corrected chi connectivity index (χ1v) is 9.58. The van der Waals surface area contributed by atoms with Crippen molar-refractivity contribution < 1.29 is 9.90 Å². The Hall–Kier alpha value is -1.67. The van der Waals surface area contributed by atoms with Crippen LogP contribution in [0.5, 0.6) is 0 Å². The minimum Gasteiger partial charge on any atom is -0.478 e. The first kappa shape index (κ1) is 17.2. The second-order valence-corrected chi connectivity index (χ2v) is 10.1. The molecule has 0 aliphatic carbocycles. The van der Waals surface area contributed by atoms with Crippen LogP contribution in [0.3, 0.4) is 0 Å². The summed E-state index contributed by atoms with van der Waals surface area (Å²) in [6, 6.07) is 0. The first-order valence-electron chi connectivity index (χ1n) is 6.32. The van der Waals surface area contributed by atoms with Gasteiger partial charge in [0, 0.05) is 19.6 Å². The molecular formula is C18H7O2S4. The Morgan fingerprint density at radius 2 is 1.17 bits per heavy atom. The lowest BCUT2D eigenvalue weighted by Gasteiger charge is -2.13. The molecule has 0 atom stereocenters. The number of aromatic carboxylic acids is 1. The third kappa shape index (κ3) is 2.23. The molecule has 1 aromatic carbocycles. The Bertz CT molecular complexity index is 866. The van der Waals surface area contributed by atoms with E-state index in [0.717, 1.165) is 0 Å². The molecule has 6 heteroatoms. The molecule has 0 spiro atoms. The van der Waals surface area contributed by atoms with Gasteiger partial charge < -0.3 is 5.11 Å². The Morgan fingerprint density at radius 1 is 0.833 bits per heavy atom. The van der Waals surface area contributed by atoms with Gasteiger partial charge in [-0.25, -0.2) is 4.79 Å². The maximum Gasteiger partial charge on any atom is 0.338 e. The topological polar surface area (TPSA) is 37.3 Å². The van der Waals surface area contributed by atoms with Crippen LogP contribution in [0.25, 0.3) is 0 Å². The van der Waals surface area contributed by atoms with E-state index in [1.165, 1.54) is 47.0 Å². The minimum atomic E-state index is -1.07. The number of thioether (sulfide) groups is 4. The van der Waals surface area contributed by atoms with Crippen LogP contribution in [-0.4, -0.2) is 19.2 Å². The van der Waals surface area contributed by atoms with E-state index in [9.17, 15) is 9.90 Å². The number of benzene rings is 1. The van der Waals surface area contributed by atoms with Gasteiger partial charge in [0.2, 0.25) is 0 Å². The average Bonchev–Trinajstić information content (AvgIpc) is 3.15. The van der Waals surface area contributed by atoms with E-state index in [1.54, 1.807) is 0 Å². The fourth-order valence-corrected chi connectivity index (χ4v) is 7.69. The van der Waals surface area contributed by atoms with Gasteiger partial charge in [0.05, 0.1) is 5.56 Å². The maximum atomic E-state index is 11.9. The van der Waals surface area contributed by atoms with Gasteiger partial charge in [-0.2, -0.15) is 0 Å². The summed E-state index contributed by atoms with van der Waals surface area (Å²) < 4.78 is -1.95.